The van der Waals surface area contributed by atoms with Crippen LogP contribution in [0.1, 0.15) is 12.8 Å². The summed E-state index contributed by atoms with van der Waals surface area (Å²) < 4.78 is 72.1. The highest BCUT2D eigenvalue weighted by atomic mass is 32.2. The Morgan fingerprint density at radius 1 is 1.15 bits per heavy atom. The largest absolute Gasteiger partial charge is 0.501 e. The fraction of sp³-hybridized carbons (Fsp3) is 0.600. The van der Waals surface area contributed by atoms with Crippen LogP contribution in [0.15, 0.2) is 23.1 Å². The van der Waals surface area contributed by atoms with E-state index in [-0.39, 0.29) is 17.9 Å². The third-order valence-electron chi connectivity index (χ3n) is 4.67. The second kappa shape index (κ2) is 7.24. The number of benzene rings is 1. The summed E-state index contributed by atoms with van der Waals surface area (Å²) >= 11 is 0. The second-order valence-electron chi connectivity index (χ2n) is 6.29. The number of rotatable bonds is 4. The summed E-state index contributed by atoms with van der Waals surface area (Å²) in [6.45, 7) is 1.87. The van der Waals surface area contributed by atoms with Crippen LogP contribution in [-0.2, 0) is 19.3 Å². The molecule has 2 fully saturated rings. The van der Waals surface area contributed by atoms with E-state index in [1.54, 1.807) is 4.90 Å². The van der Waals surface area contributed by atoms with Gasteiger partial charge >= 0.3 is 5.51 Å². The van der Waals surface area contributed by atoms with E-state index >= 15 is 0 Å². The first-order valence-electron chi connectivity index (χ1n) is 8.19. The smallest absolute Gasteiger partial charge is 0.366 e. The predicted molar refractivity (Wildman–Crippen MR) is 87.0 cm³/mol. The Labute approximate surface area is 152 Å². The van der Waals surface area contributed by atoms with E-state index in [0.717, 1.165) is 12.1 Å². The third kappa shape index (κ3) is 3.87. The Bertz CT molecular complexity index is 815. The van der Waals surface area contributed by atoms with E-state index in [2.05, 4.69) is 0 Å². The monoisotopic (exact) mass is 410 g/mol. The number of sulfone groups is 1. The van der Waals surface area contributed by atoms with Gasteiger partial charge in [-0.3, -0.25) is 10.1 Å². The number of hydrogen-bond donors (Lipinski definition) is 0. The van der Waals surface area contributed by atoms with Gasteiger partial charge in [0.2, 0.25) is 0 Å². The van der Waals surface area contributed by atoms with Crippen molar-refractivity contribution in [3.63, 3.8) is 0 Å². The van der Waals surface area contributed by atoms with Gasteiger partial charge in [0.05, 0.1) is 23.0 Å². The molecule has 12 heteroatoms. The van der Waals surface area contributed by atoms with Crippen LogP contribution in [0.4, 0.5) is 24.5 Å². The number of nitro benzene ring substituents is 1. The van der Waals surface area contributed by atoms with Gasteiger partial charge in [-0.1, -0.05) is 0 Å². The molecule has 8 nitrogen and oxygen atoms in total. The standard InChI is InChI=1S/C15H17F3N2O6S/c16-15(17,18)27(23,24)11-1-2-12(13(9-11)20(21)22)19-5-3-10(4-6-19)14-25-7-8-26-14/h1-2,9-10,14H,3-8H2. The molecule has 0 radical (unpaired) electrons. The van der Waals surface area contributed by atoms with Crippen molar-refractivity contribution in [1.82, 2.24) is 0 Å². The molecule has 0 N–H and O–H groups in total. The van der Waals surface area contributed by atoms with Gasteiger partial charge in [-0.25, -0.2) is 8.42 Å². The lowest BCUT2D eigenvalue weighted by molar-refractivity contribution is -0.384. The molecule has 0 bridgehead atoms. The number of halogens is 3. The van der Waals surface area contributed by atoms with Gasteiger partial charge < -0.3 is 14.4 Å². The zero-order valence-corrected chi connectivity index (χ0v) is 14.8. The summed E-state index contributed by atoms with van der Waals surface area (Å²) in [6.07, 6.45) is 0.955. The van der Waals surface area contributed by atoms with Crippen LogP contribution in [0, 0.1) is 16.0 Å². The van der Waals surface area contributed by atoms with E-state index in [1.165, 1.54) is 0 Å². The molecule has 0 spiro atoms. The summed E-state index contributed by atoms with van der Waals surface area (Å²) in [5.41, 5.74) is -6.11. The lowest BCUT2D eigenvalue weighted by Gasteiger charge is -2.35. The Morgan fingerprint density at radius 3 is 2.26 bits per heavy atom. The average molecular weight is 410 g/mol. The van der Waals surface area contributed by atoms with Crippen molar-refractivity contribution < 1.29 is 36.0 Å². The Kier molecular flexibility index (Phi) is 5.32. The Hall–Kier alpha value is -1.92. The topological polar surface area (TPSA) is 99.0 Å². The quantitative estimate of drug-likeness (QED) is 0.555. The fourth-order valence-electron chi connectivity index (χ4n) is 3.28. The number of nitro groups is 1. The summed E-state index contributed by atoms with van der Waals surface area (Å²) in [4.78, 5) is 11.0. The number of ether oxygens (including phenoxy) is 2. The molecule has 0 amide bonds. The average Bonchev–Trinajstić information content (AvgIpc) is 3.15. The zero-order valence-electron chi connectivity index (χ0n) is 14.0. The molecule has 2 aliphatic heterocycles. The molecule has 3 rings (SSSR count). The maximum absolute atomic E-state index is 12.7. The van der Waals surface area contributed by atoms with Crippen LogP contribution in [0.2, 0.25) is 0 Å². The van der Waals surface area contributed by atoms with E-state index < -0.39 is 30.9 Å². The van der Waals surface area contributed by atoms with Gasteiger partial charge in [0.25, 0.3) is 15.5 Å². The molecule has 2 saturated heterocycles. The van der Waals surface area contributed by atoms with Crippen LogP contribution >= 0.6 is 0 Å². The maximum atomic E-state index is 12.7. The number of nitrogens with zero attached hydrogens (tertiary/aromatic N) is 2. The molecular weight excluding hydrogens is 393 g/mol. The van der Waals surface area contributed by atoms with Crippen LogP contribution in [-0.4, -0.2) is 51.4 Å². The summed E-state index contributed by atoms with van der Waals surface area (Å²) in [5, 5.41) is 11.3. The third-order valence-corrected chi connectivity index (χ3v) is 6.16. The van der Waals surface area contributed by atoms with Crippen molar-refractivity contribution in [1.29, 1.82) is 0 Å². The van der Waals surface area contributed by atoms with Crippen molar-refractivity contribution >= 4 is 21.2 Å². The lowest BCUT2D eigenvalue weighted by Crippen LogP contribution is -2.38. The maximum Gasteiger partial charge on any atom is 0.501 e. The van der Waals surface area contributed by atoms with Crippen molar-refractivity contribution in [3.05, 3.63) is 28.3 Å². The van der Waals surface area contributed by atoms with Gasteiger partial charge in [-0.05, 0) is 25.0 Å². The van der Waals surface area contributed by atoms with Crippen molar-refractivity contribution in [2.24, 2.45) is 5.92 Å². The van der Waals surface area contributed by atoms with E-state index in [1.807, 2.05) is 0 Å². The molecule has 2 heterocycles. The minimum absolute atomic E-state index is 0.0906. The molecule has 1 aromatic rings. The van der Waals surface area contributed by atoms with Crippen molar-refractivity contribution in [2.75, 3.05) is 31.2 Å². The van der Waals surface area contributed by atoms with E-state index in [0.29, 0.717) is 45.2 Å². The first-order valence-corrected chi connectivity index (χ1v) is 9.67. The molecule has 0 aromatic heterocycles. The Morgan fingerprint density at radius 2 is 1.74 bits per heavy atom. The number of hydrogen-bond acceptors (Lipinski definition) is 7. The first kappa shape index (κ1) is 19.8. The molecule has 0 aliphatic carbocycles. The highest BCUT2D eigenvalue weighted by Gasteiger charge is 2.47. The van der Waals surface area contributed by atoms with Crippen LogP contribution in [0.3, 0.4) is 0 Å². The second-order valence-corrected chi connectivity index (χ2v) is 8.23. The van der Waals surface area contributed by atoms with E-state index in [4.69, 9.17) is 9.47 Å². The molecule has 150 valence electrons. The molecule has 2 aliphatic rings. The van der Waals surface area contributed by atoms with Crippen LogP contribution in [0.25, 0.3) is 0 Å². The molecule has 0 unspecified atom stereocenters. The number of anilines is 1. The highest BCUT2D eigenvalue weighted by molar-refractivity contribution is 7.92. The molecule has 0 atom stereocenters. The van der Waals surface area contributed by atoms with Gasteiger partial charge in [0, 0.05) is 25.1 Å². The molecule has 27 heavy (non-hydrogen) atoms. The predicted octanol–water partition coefficient (Wildman–Crippen LogP) is 2.48. The molecular formula is C15H17F3N2O6S. The highest BCUT2D eigenvalue weighted by Crippen LogP contribution is 2.38. The SMILES string of the molecule is O=[N+]([O-])c1cc(S(=O)(=O)C(F)(F)F)ccc1N1CCC(C2OCCO2)CC1. The number of piperidine rings is 1. The minimum atomic E-state index is -5.66. The summed E-state index contributed by atoms with van der Waals surface area (Å²) in [7, 11) is -5.66. The van der Waals surface area contributed by atoms with Gasteiger partial charge in [0.15, 0.2) is 6.29 Å². The number of alkyl halides is 3. The fourth-order valence-corrected chi connectivity index (χ4v) is 4.06. The van der Waals surface area contributed by atoms with Crippen molar-refractivity contribution in [2.45, 2.75) is 29.5 Å². The minimum Gasteiger partial charge on any atom is -0.366 e. The molecule has 0 saturated carbocycles. The van der Waals surface area contributed by atoms with Crippen LogP contribution in [0.5, 0.6) is 0 Å². The first-order chi connectivity index (χ1) is 12.6. The molecule has 1 aromatic carbocycles. The van der Waals surface area contributed by atoms with Crippen LogP contribution < -0.4 is 4.90 Å². The normalized spacial score (nSPS) is 20.2. The zero-order chi connectivity index (χ0) is 19.8. The van der Waals surface area contributed by atoms with Gasteiger partial charge in [-0.15, -0.1) is 0 Å². The van der Waals surface area contributed by atoms with Crippen molar-refractivity contribution in [3.8, 4) is 0 Å². The Balaban J connectivity index is 1.83. The van der Waals surface area contributed by atoms with Gasteiger partial charge in [-0.2, -0.15) is 13.2 Å². The van der Waals surface area contributed by atoms with E-state index in [9.17, 15) is 31.7 Å². The lowest BCUT2D eigenvalue weighted by atomic mass is 9.95. The van der Waals surface area contributed by atoms with Gasteiger partial charge in [0.1, 0.15) is 5.69 Å². The summed E-state index contributed by atoms with van der Waals surface area (Å²) in [6, 6.07) is 2.27. The summed E-state index contributed by atoms with van der Waals surface area (Å²) in [5.74, 6) is 0.132.